The summed E-state index contributed by atoms with van der Waals surface area (Å²) in [5.74, 6) is 0.0746. The third kappa shape index (κ3) is 3.35. The molecule has 2 aromatic carbocycles. The van der Waals surface area contributed by atoms with E-state index < -0.39 is 0 Å². The Balaban J connectivity index is 2.40. The molecule has 102 valence electrons. The molecular formula is C18H19NO. The molecule has 2 rings (SSSR count). The molecule has 0 aliphatic rings. The number of rotatable bonds is 5. The first-order chi connectivity index (χ1) is 9.72. The lowest BCUT2D eigenvalue weighted by Gasteiger charge is -2.20. The van der Waals surface area contributed by atoms with Crippen molar-refractivity contribution < 1.29 is 4.79 Å². The fraction of sp³-hybridized carbons (Fsp3) is 0.167. The van der Waals surface area contributed by atoms with Gasteiger partial charge < -0.3 is 4.90 Å². The van der Waals surface area contributed by atoms with E-state index in [0.717, 1.165) is 23.4 Å². The van der Waals surface area contributed by atoms with Crippen molar-refractivity contribution in [1.82, 2.24) is 0 Å². The Morgan fingerprint density at radius 3 is 2.05 bits per heavy atom. The van der Waals surface area contributed by atoms with Crippen LogP contribution in [0.5, 0.6) is 0 Å². The van der Waals surface area contributed by atoms with Crippen molar-refractivity contribution in [1.29, 1.82) is 0 Å². The molecule has 0 radical (unpaired) electrons. The van der Waals surface area contributed by atoms with E-state index in [1.54, 1.807) is 6.92 Å². The molecule has 0 heterocycles. The first-order valence-electron chi connectivity index (χ1n) is 6.82. The molecule has 20 heavy (non-hydrogen) atoms. The number of Topliss-reactive ketones (excluding diaryl/α,β-unsaturated/α-hetero) is 1. The van der Waals surface area contributed by atoms with Gasteiger partial charge in [-0.2, -0.15) is 0 Å². The summed E-state index contributed by atoms with van der Waals surface area (Å²) in [5.41, 5.74) is 2.77. The second kappa shape index (κ2) is 6.71. The molecule has 0 N–H and O–H groups in total. The van der Waals surface area contributed by atoms with Crippen LogP contribution in [0.4, 0.5) is 5.69 Å². The van der Waals surface area contributed by atoms with Gasteiger partial charge in [-0.25, -0.2) is 0 Å². The van der Waals surface area contributed by atoms with Crippen molar-refractivity contribution in [3.8, 4) is 0 Å². The van der Waals surface area contributed by atoms with E-state index in [1.807, 2.05) is 66.9 Å². The van der Waals surface area contributed by atoms with E-state index in [4.69, 9.17) is 0 Å². The molecule has 2 nitrogen and oxygen atoms in total. The summed E-state index contributed by atoms with van der Waals surface area (Å²) in [5, 5.41) is 0. The molecule has 0 bridgehead atoms. The van der Waals surface area contributed by atoms with Crippen LogP contribution in [-0.4, -0.2) is 12.3 Å². The lowest BCUT2D eigenvalue weighted by molar-refractivity contribution is -0.111. The number of allylic oxidation sites excluding steroid dienone is 1. The second-order valence-electron chi connectivity index (χ2n) is 4.59. The molecule has 2 aromatic rings. The molecular weight excluding hydrogens is 246 g/mol. The average molecular weight is 265 g/mol. The maximum absolute atomic E-state index is 11.9. The van der Waals surface area contributed by atoms with Gasteiger partial charge in [0, 0.05) is 24.0 Å². The maximum atomic E-state index is 11.9. The Labute approximate surface area is 120 Å². The third-order valence-electron chi connectivity index (χ3n) is 3.18. The predicted octanol–water partition coefficient (Wildman–Crippen LogP) is 4.14. The van der Waals surface area contributed by atoms with E-state index in [9.17, 15) is 4.79 Å². The quantitative estimate of drug-likeness (QED) is 0.757. The number of carbonyl (C=O) groups excluding carboxylic acids is 1. The van der Waals surface area contributed by atoms with Gasteiger partial charge >= 0.3 is 0 Å². The highest BCUT2D eigenvalue weighted by Gasteiger charge is 2.09. The number of anilines is 1. The summed E-state index contributed by atoms with van der Waals surface area (Å²) in [6.07, 6.45) is 1.94. The zero-order valence-corrected chi connectivity index (χ0v) is 11.9. The minimum atomic E-state index is 0.0746. The van der Waals surface area contributed by atoms with Crippen molar-refractivity contribution in [2.24, 2.45) is 0 Å². The number of hydrogen-bond donors (Lipinski definition) is 0. The molecule has 0 aromatic heterocycles. The molecule has 0 spiro atoms. The molecule has 0 unspecified atom stereocenters. The molecule has 0 saturated heterocycles. The predicted molar refractivity (Wildman–Crippen MR) is 84.6 cm³/mol. The van der Waals surface area contributed by atoms with Crippen molar-refractivity contribution in [2.75, 3.05) is 11.4 Å². The minimum Gasteiger partial charge on any atom is -0.348 e. The summed E-state index contributed by atoms with van der Waals surface area (Å²) in [6.45, 7) is 4.50. The minimum absolute atomic E-state index is 0.0746. The Bertz CT molecular complexity index is 587. The van der Waals surface area contributed by atoms with Crippen LogP contribution >= 0.6 is 0 Å². The lowest BCUT2D eigenvalue weighted by Crippen LogP contribution is -2.17. The summed E-state index contributed by atoms with van der Waals surface area (Å²) >= 11 is 0. The van der Waals surface area contributed by atoms with Gasteiger partial charge in [0.05, 0.1) is 0 Å². The van der Waals surface area contributed by atoms with Gasteiger partial charge in [0.25, 0.3) is 0 Å². The molecule has 0 aliphatic heterocycles. The van der Waals surface area contributed by atoms with Crippen LogP contribution in [0.2, 0.25) is 0 Å². The van der Waals surface area contributed by atoms with Gasteiger partial charge in [-0.15, -0.1) is 0 Å². The van der Waals surface area contributed by atoms with Crippen molar-refractivity contribution in [2.45, 2.75) is 13.8 Å². The van der Waals surface area contributed by atoms with Crippen LogP contribution in [0.15, 0.2) is 66.9 Å². The van der Waals surface area contributed by atoms with Gasteiger partial charge in [0.15, 0.2) is 5.78 Å². The van der Waals surface area contributed by atoms with Crippen LogP contribution in [0.1, 0.15) is 19.4 Å². The molecule has 0 atom stereocenters. The fourth-order valence-electron chi connectivity index (χ4n) is 2.11. The number of benzene rings is 2. The van der Waals surface area contributed by atoms with Crippen LogP contribution in [0, 0.1) is 0 Å². The van der Waals surface area contributed by atoms with Gasteiger partial charge in [0.2, 0.25) is 0 Å². The van der Waals surface area contributed by atoms with E-state index in [1.165, 1.54) is 0 Å². The summed E-state index contributed by atoms with van der Waals surface area (Å²) in [6, 6.07) is 19.9. The van der Waals surface area contributed by atoms with E-state index in [2.05, 4.69) is 11.8 Å². The summed E-state index contributed by atoms with van der Waals surface area (Å²) < 4.78 is 0. The second-order valence-corrected chi connectivity index (χ2v) is 4.59. The largest absolute Gasteiger partial charge is 0.348 e. The Kier molecular flexibility index (Phi) is 4.72. The van der Waals surface area contributed by atoms with Crippen LogP contribution in [0.25, 0.3) is 5.57 Å². The lowest BCUT2D eigenvalue weighted by atomic mass is 10.0. The number of ketones is 1. The number of hydrogen-bond acceptors (Lipinski definition) is 2. The first-order valence-corrected chi connectivity index (χ1v) is 6.82. The standard InChI is InChI=1S/C18H19NO/c1-3-19(17-12-8-5-9-13-17)14-18(15(2)20)16-10-6-4-7-11-16/h4-14H,3H2,1-2H3/b18-14+. The van der Waals surface area contributed by atoms with Gasteiger partial charge in [-0.1, -0.05) is 48.5 Å². The number of para-hydroxylation sites is 1. The number of nitrogens with zero attached hydrogens (tertiary/aromatic N) is 1. The van der Waals surface area contributed by atoms with E-state index in [0.29, 0.717) is 0 Å². The zero-order valence-electron chi connectivity index (χ0n) is 11.9. The normalized spacial score (nSPS) is 11.2. The average Bonchev–Trinajstić information content (AvgIpc) is 2.50. The highest BCUT2D eigenvalue weighted by molar-refractivity contribution is 6.19. The Hall–Kier alpha value is -2.35. The summed E-state index contributed by atoms with van der Waals surface area (Å²) in [4.78, 5) is 14.0. The van der Waals surface area contributed by atoms with E-state index >= 15 is 0 Å². The van der Waals surface area contributed by atoms with Crippen LogP contribution in [-0.2, 0) is 4.79 Å². The van der Waals surface area contributed by atoms with Crippen molar-refractivity contribution in [3.63, 3.8) is 0 Å². The van der Waals surface area contributed by atoms with Crippen molar-refractivity contribution >= 4 is 17.0 Å². The Morgan fingerprint density at radius 2 is 1.55 bits per heavy atom. The molecule has 0 fully saturated rings. The van der Waals surface area contributed by atoms with Crippen LogP contribution < -0.4 is 4.90 Å². The maximum Gasteiger partial charge on any atom is 0.161 e. The third-order valence-corrected chi connectivity index (χ3v) is 3.18. The molecule has 2 heteroatoms. The highest BCUT2D eigenvalue weighted by Crippen LogP contribution is 2.20. The molecule has 0 amide bonds. The van der Waals surface area contributed by atoms with Gasteiger partial charge in [-0.3, -0.25) is 4.79 Å². The topological polar surface area (TPSA) is 20.3 Å². The molecule has 0 aliphatic carbocycles. The SMILES string of the molecule is CCN(/C=C(\C(C)=O)c1ccccc1)c1ccccc1. The van der Waals surface area contributed by atoms with Crippen LogP contribution in [0.3, 0.4) is 0 Å². The zero-order chi connectivity index (χ0) is 14.4. The summed E-state index contributed by atoms with van der Waals surface area (Å²) in [7, 11) is 0. The smallest absolute Gasteiger partial charge is 0.161 e. The van der Waals surface area contributed by atoms with Crippen molar-refractivity contribution in [3.05, 3.63) is 72.4 Å². The number of carbonyl (C=O) groups is 1. The first kappa shape index (κ1) is 14.1. The molecule has 0 saturated carbocycles. The van der Waals surface area contributed by atoms with Gasteiger partial charge in [-0.05, 0) is 31.5 Å². The van der Waals surface area contributed by atoms with Gasteiger partial charge in [0.1, 0.15) is 0 Å². The Morgan fingerprint density at radius 1 is 1.00 bits per heavy atom. The fourth-order valence-corrected chi connectivity index (χ4v) is 2.11. The highest BCUT2D eigenvalue weighted by atomic mass is 16.1. The monoisotopic (exact) mass is 265 g/mol. The van der Waals surface area contributed by atoms with E-state index in [-0.39, 0.29) is 5.78 Å².